The van der Waals surface area contributed by atoms with Crippen LogP contribution in [0.2, 0.25) is 0 Å². The molecule has 0 aromatic carbocycles. The molecule has 0 saturated carbocycles. The SMILES string of the molecule is Cc1ccc(-c2cc(N)c(=O)n(CC(=O)N3CC(C)OC(C)C3)n2)o1. The fourth-order valence-electron chi connectivity index (χ4n) is 2.97. The highest BCUT2D eigenvalue weighted by Gasteiger charge is 2.26. The number of nitrogen functional groups attached to an aromatic ring is 1. The Balaban J connectivity index is 1.85. The molecule has 8 nitrogen and oxygen atoms in total. The van der Waals surface area contributed by atoms with Crippen molar-refractivity contribution in [2.75, 3.05) is 18.8 Å². The van der Waals surface area contributed by atoms with Crippen molar-refractivity contribution in [2.45, 2.75) is 39.5 Å². The molecule has 1 aliphatic rings. The number of aryl methyl sites for hydroxylation is 1. The molecule has 3 rings (SSSR count). The Hall–Kier alpha value is -2.61. The average molecular weight is 346 g/mol. The van der Waals surface area contributed by atoms with Crippen LogP contribution in [0.15, 0.2) is 27.4 Å². The number of morpholine rings is 1. The minimum absolute atomic E-state index is 0.0237. The smallest absolute Gasteiger partial charge is 0.290 e. The molecule has 0 aliphatic carbocycles. The van der Waals surface area contributed by atoms with Gasteiger partial charge in [0.15, 0.2) is 5.76 Å². The van der Waals surface area contributed by atoms with E-state index in [0.29, 0.717) is 24.5 Å². The van der Waals surface area contributed by atoms with E-state index in [9.17, 15) is 9.59 Å². The van der Waals surface area contributed by atoms with Crippen molar-refractivity contribution >= 4 is 11.6 Å². The molecule has 134 valence electrons. The van der Waals surface area contributed by atoms with Gasteiger partial charge in [0.05, 0.1) is 12.2 Å². The number of rotatable bonds is 3. The number of carbonyl (C=O) groups is 1. The van der Waals surface area contributed by atoms with Crippen molar-refractivity contribution in [3.8, 4) is 11.5 Å². The van der Waals surface area contributed by atoms with Crippen LogP contribution in [0.25, 0.3) is 11.5 Å². The molecule has 25 heavy (non-hydrogen) atoms. The summed E-state index contributed by atoms with van der Waals surface area (Å²) in [5, 5.41) is 4.24. The Morgan fingerprint density at radius 1 is 1.32 bits per heavy atom. The molecule has 1 saturated heterocycles. The third-order valence-electron chi connectivity index (χ3n) is 4.05. The molecule has 2 N–H and O–H groups in total. The van der Waals surface area contributed by atoms with Gasteiger partial charge in [-0.1, -0.05) is 0 Å². The monoisotopic (exact) mass is 346 g/mol. The van der Waals surface area contributed by atoms with Crippen LogP contribution in [0.1, 0.15) is 19.6 Å². The summed E-state index contributed by atoms with van der Waals surface area (Å²) in [5.41, 5.74) is 5.75. The second kappa shape index (κ2) is 6.72. The van der Waals surface area contributed by atoms with Crippen LogP contribution in [0, 0.1) is 6.92 Å². The molecule has 2 aromatic heterocycles. The van der Waals surface area contributed by atoms with Gasteiger partial charge >= 0.3 is 0 Å². The number of anilines is 1. The summed E-state index contributed by atoms with van der Waals surface area (Å²) in [7, 11) is 0. The minimum atomic E-state index is -0.491. The molecule has 3 heterocycles. The number of ether oxygens (including phenoxy) is 1. The third-order valence-corrected chi connectivity index (χ3v) is 4.05. The number of nitrogens with zero attached hydrogens (tertiary/aromatic N) is 3. The van der Waals surface area contributed by atoms with E-state index < -0.39 is 5.56 Å². The van der Waals surface area contributed by atoms with Crippen LogP contribution in [0.3, 0.4) is 0 Å². The lowest BCUT2D eigenvalue weighted by molar-refractivity contribution is -0.144. The van der Waals surface area contributed by atoms with Gasteiger partial charge in [0.2, 0.25) is 5.91 Å². The number of carbonyl (C=O) groups excluding carboxylic acids is 1. The molecule has 1 amide bonds. The normalized spacial score (nSPS) is 20.7. The Morgan fingerprint density at radius 3 is 2.60 bits per heavy atom. The molecular formula is C17H22N4O4. The summed E-state index contributed by atoms with van der Waals surface area (Å²) < 4.78 is 12.2. The molecule has 0 bridgehead atoms. The van der Waals surface area contributed by atoms with Crippen molar-refractivity contribution in [1.29, 1.82) is 0 Å². The predicted octanol–water partition coefficient (Wildman–Crippen LogP) is 1.03. The van der Waals surface area contributed by atoms with Gasteiger partial charge in [-0.15, -0.1) is 0 Å². The van der Waals surface area contributed by atoms with Crippen LogP contribution >= 0.6 is 0 Å². The second-order valence-corrected chi connectivity index (χ2v) is 6.41. The zero-order valence-electron chi connectivity index (χ0n) is 14.6. The zero-order chi connectivity index (χ0) is 18.1. The van der Waals surface area contributed by atoms with Crippen molar-refractivity contribution < 1.29 is 13.9 Å². The third kappa shape index (κ3) is 3.74. The summed E-state index contributed by atoms with van der Waals surface area (Å²) in [6.07, 6.45) is -0.0836. The van der Waals surface area contributed by atoms with Crippen molar-refractivity contribution in [3.05, 3.63) is 34.3 Å². The maximum Gasteiger partial charge on any atom is 0.290 e. The van der Waals surface area contributed by atoms with Crippen molar-refractivity contribution in [2.24, 2.45) is 0 Å². The maximum absolute atomic E-state index is 12.6. The first kappa shape index (κ1) is 17.2. The standard InChI is InChI=1S/C17H22N4O4/c1-10-4-5-15(25-10)14-6-13(18)17(23)21(19-14)9-16(22)20-7-11(2)24-12(3)8-20/h4-6,11-12H,7-9,18H2,1-3H3. The lowest BCUT2D eigenvalue weighted by Gasteiger charge is -2.35. The van der Waals surface area contributed by atoms with Gasteiger partial charge < -0.3 is 19.8 Å². The average Bonchev–Trinajstić information content (AvgIpc) is 2.97. The highest BCUT2D eigenvalue weighted by molar-refractivity contribution is 5.76. The Kier molecular flexibility index (Phi) is 4.63. The highest BCUT2D eigenvalue weighted by Crippen LogP contribution is 2.20. The van der Waals surface area contributed by atoms with Crippen LogP contribution in [0.5, 0.6) is 0 Å². The number of nitrogens with two attached hydrogens (primary N) is 1. The fraction of sp³-hybridized carbons (Fsp3) is 0.471. The summed E-state index contributed by atoms with van der Waals surface area (Å²) in [6, 6.07) is 5.00. The largest absolute Gasteiger partial charge is 0.460 e. The fourth-order valence-corrected chi connectivity index (χ4v) is 2.97. The van der Waals surface area contributed by atoms with Gasteiger partial charge in [0, 0.05) is 13.1 Å². The van der Waals surface area contributed by atoms with E-state index in [4.69, 9.17) is 14.9 Å². The quantitative estimate of drug-likeness (QED) is 0.890. The maximum atomic E-state index is 12.6. The van der Waals surface area contributed by atoms with E-state index in [1.54, 1.807) is 17.0 Å². The zero-order valence-corrected chi connectivity index (χ0v) is 14.6. The van der Waals surface area contributed by atoms with E-state index in [1.165, 1.54) is 6.07 Å². The highest BCUT2D eigenvalue weighted by atomic mass is 16.5. The number of amides is 1. The molecule has 2 unspecified atom stereocenters. The van der Waals surface area contributed by atoms with Crippen LogP contribution in [0.4, 0.5) is 5.69 Å². The Labute approximate surface area is 145 Å². The molecule has 0 spiro atoms. The molecule has 2 atom stereocenters. The van der Waals surface area contributed by atoms with Crippen molar-refractivity contribution in [3.63, 3.8) is 0 Å². The minimum Gasteiger partial charge on any atom is -0.460 e. The van der Waals surface area contributed by atoms with Gasteiger partial charge in [-0.05, 0) is 39.0 Å². The summed E-state index contributed by atoms with van der Waals surface area (Å²) in [5.74, 6) is 1.03. The van der Waals surface area contributed by atoms with Crippen LogP contribution < -0.4 is 11.3 Å². The summed E-state index contributed by atoms with van der Waals surface area (Å²) >= 11 is 0. The molecule has 0 radical (unpaired) electrons. The lowest BCUT2D eigenvalue weighted by atomic mass is 10.2. The van der Waals surface area contributed by atoms with E-state index in [2.05, 4.69) is 5.10 Å². The molecule has 1 aliphatic heterocycles. The first-order valence-electron chi connectivity index (χ1n) is 8.21. The Morgan fingerprint density at radius 2 is 2.00 bits per heavy atom. The van der Waals surface area contributed by atoms with Gasteiger partial charge in [-0.25, -0.2) is 4.68 Å². The van der Waals surface area contributed by atoms with Crippen molar-refractivity contribution in [1.82, 2.24) is 14.7 Å². The van der Waals surface area contributed by atoms with E-state index in [0.717, 1.165) is 10.4 Å². The first-order valence-corrected chi connectivity index (χ1v) is 8.21. The molecular weight excluding hydrogens is 324 g/mol. The molecule has 8 heteroatoms. The predicted molar refractivity (Wildman–Crippen MR) is 91.9 cm³/mol. The summed E-state index contributed by atoms with van der Waals surface area (Å²) in [4.78, 5) is 26.5. The number of furan rings is 1. The second-order valence-electron chi connectivity index (χ2n) is 6.41. The Bertz CT molecular complexity index is 831. The number of hydrogen-bond acceptors (Lipinski definition) is 6. The van der Waals surface area contributed by atoms with Gasteiger partial charge in [0.25, 0.3) is 5.56 Å². The molecule has 1 fully saturated rings. The first-order chi connectivity index (χ1) is 11.8. The van der Waals surface area contributed by atoms with Gasteiger partial charge in [-0.2, -0.15) is 5.10 Å². The number of hydrogen-bond donors (Lipinski definition) is 1. The van der Waals surface area contributed by atoms with Crippen LogP contribution in [-0.4, -0.2) is 45.9 Å². The topological polar surface area (TPSA) is 104 Å². The van der Waals surface area contributed by atoms with E-state index in [-0.39, 0.29) is 30.3 Å². The number of aromatic nitrogens is 2. The van der Waals surface area contributed by atoms with E-state index in [1.807, 2.05) is 20.8 Å². The van der Waals surface area contributed by atoms with Gasteiger partial charge in [0.1, 0.15) is 23.7 Å². The van der Waals surface area contributed by atoms with E-state index >= 15 is 0 Å². The van der Waals surface area contributed by atoms with Crippen LogP contribution in [-0.2, 0) is 16.1 Å². The summed E-state index contributed by atoms with van der Waals surface area (Å²) in [6.45, 7) is 6.45. The molecule has 2 aromatic rings. The lowest BCUT2D eigenvalue weighted by Crippen LogP contribution is -2.49. The van der Waals surface area contributed by atoms with Gasteiger partial charge in [-0.3, -0.25) is 9.59 Å².